The van der Waals surface area contributed by atoms with Gasteiger partial charge in [0.2, 0.25) is 5.91 Å². The molecule has 0 bridgehead atoms. The van der Waals surface area contributed by atoms with Crippen LogP contribution in [0.2, 0.25) is 0 Å². The Kier molecular flexibility index (Phi) is 3.85. The quantitative estimate of drug-likeness (QED) is 0.698. The van der Waals surface area contributed by atoms with Crippen LogP contribution in [0.25, 0.3) is 0 Å². The number of amides is 1. The maximum Gasteiger partial charge on any atom is 0.326 e. The second-order valence-corrected chi connectivity index (χ2v) is 4.44. The van der Waals surface area contributed by atoms with Crippen LogP contribution in [0.15, 0.2) is 36.9 Å². The number of carboxylic acid groups (broad SMARTS) is 1. The van der Waals surface area contributed by atoms with Crippen molar-refractivity contribution in [1.29, 1.82) is 0 Å². The van der Waals surface area contributed by atoms with Gasteiger partial charge < -0.3 is 15.7 Å². The van der Waals surface area contributed by atoms with E-state index in [1.807, 2.05) is 24.3 Å². The minimum atomic E-state index is -1.05. The molecule has 0 saturated heterocycles. The van der Waals surface area contributed by atoms with Crippen molar-refractivity contribution in [2.24, 2.45) is 0 Å². The molecule has 1 amide bonds. The minimum absolute atomic E-state index is 0.211. The lowest BCUT2D eigenvalue weighted by Crippen LogP contribution is -2.43. The number of carbonyl (C=O) groups is 2. The van der Waals surface area contributed by atoms with Crippen LogP contribution in [0.4, 0.5) is 5.69 Å². The Morgan fingerprint density at radius 3 is 2.95 bits per heavy atom. The summed E-state index contributed by atoms with van der Waals surface area (Å²) < 4.78 is 0. The van der Waals surface area contributed by atoms with Crippen LogP contribution in [0, 0.1) is 0 Å². The van der Waals surface area contributed by atoms with Gasteiger partial charge in [-0.25, -0.2) is 4.79 Å². The first-order valence-electron chi connectivity index (χ1n) is 6.10. The Labute approximate surface area is 111 Å². The average Bonchev–Trinajstić information content (AvgIpc) is 2.81. The summed E-state index contributed by atoms with van der Waals surface area (Å²) in [6.45, 7) is 3.99. The van der Waals surface area contributed by atoms with Crippen LogP contribution in [-0.2, 0) is 9.59 Å². The maximum atomic E-state index is 12.1. The van der Waals surface area contributed by atoms with Gasteiger partial charge >= 0.3 is 5.97 Å². The molecule has 1 aromatic rings. The van der Waals surface area contributed by atoms with E-state index in [2.05, 4.69) is 17.2 Å². The zero-order valence-electron chi connectivity index (χ0n) is 10.4. The van der Waals surface area contributed by atoms with Gasteiger partial charge in [0.05, 0.1) is 5.92 Å². The molecule has 5 nitrogen and oxygen atoms in total. The molecule has 1 aliphatic heterocycles. The molecule has 0 saturated carbocycles. The van der Waals surface area contributed by atoms with Gasteiger partial charge in [0.25, 0.3) is 0 Å². The van der Waals surface area contributed by atoms with Gasteiger partial charge in [0.1, 0.15) is 6.04 Å². The lowest BCUT2D eigenvalue weighted by molar-refractivity contribution is -0.141. The van der Waals surface area contributed by atoms with Crippen molar-refractivity contribution in [3.05, 3.63) is 42.5 Å². The smallest absolute Gasteiger partial charge is 0.326 e. The molecule has 2 unspecified atom stereocenters. The van der Waals surface area contributed by atoms with Gasteiger partial charge in [-0.3, -0.25) is 4.79 Å². The average molecular weight is 260 g/mol. The summed E-state index contributed by atoms with van der Waals surface area (Å²) in [7, 11) is 0. The highest BCUT2D eigenvalue weighted by molar-refractivity contribution is 5.91. The highest BCUT2D eigenvalue weighted by Crippen LogP contribution is 2.31. The second kappa shape index (κ2) is 5.56. The van der Waals surface area contributed by atoms with Crippen LogP contribution in [0.1, 0.15) is 17.9 Å². The van der Waals surface area contributed by atoms with Gasteiger partial charge in [-0.2, -0.15) is 0 Å². The number of nitrogens with one attached hydrogen (secondary N) is 2. The summed E-state index contributed by atoms with van der Waals surface area (Å²) in [5.74, 6) is -1.66. The van der Waals surface area contributed by atoms with E-state index in [-0.39, 0.29) is 18.2 Å². The molecule has 19 heavy (non-hydrogen) atoms. The molecule has 2 atom stereocenters. The second-order valence-electron chi connectivity index (χ2n) is 4.44. The zero-order chi connectivity index (χ0) is 13.8. The number of para-hydroxylation sites is 1. The van der Waals surface area contributed by atoms with Crippen LogP contribution in [0.5, 0.6) is 0 Å². The zero-order valence-corrected chi connectivity index (χ0v) is 10.4. The predicted octanol–water partition coefficient (Wildman–Crippen LogP) is 1.34. The molecule has 0 radical (unpaired) electrons. The van der Waals surface area contributed by atoms with E-state index in [1.165, 1.54) is 6.08 Å². The van der Waals surface area contributed by atoms with Crippen LogP contribution in [0.3, 0.4) is 0 Å². The summed E-state index contributed by atoms with van der Waals surface area (Å²) in [5.41, 5.74) is 1.83. The van der Waals surface area contributed by atoms with Crippen molar-refractivity contribution in [1.82, 2.24) is 5.32 Å². The molecule has 0 fully saturated rings. The van der Waals surface area contributed by atoms with Crippen molar-refractivity contribution in [2.45, 2.75) is 18.4 Å². The fourth-order valence-corrected chi connectivity index (χ4v) is 2.18. The van der Waals surface area contributed by atoms with E-state index in [0.717, 1.165) is 11.3 Å². The summed E-state index contributed by atoms with van der Waals surface area (Å²) in [6.07, 6.45) is 1.70. The van der Waals surface area contributed by atoms with Crippen LogP contribution < -0.4 is 10.6 Å². The molecule has 0 aromatic heterocycles. The number of hydrogen-bond donors (Lipinski definition) is 3. The SMILES string of the molecule is C=CCC(NC(=O)C1CNc2ccccc21)C(=O)O. The van der Waals surface area contributed by atoms with E-state index < -0.39 is 12.0 Å². The van der Waals surface area contributed by atoms with E-state index >= 15 is 0 Å². The first-order chi connectivity index (χ1) is 9.13. The predicted molar refractivity (Wildman–Crippen MR) is 72.1 cm³/mol. The molecular formula is C14H16N2O3. The van der Waals surface area contributed by atoms with Gasteiger partial charge in [-0.1, -0.05) is 24.3 Å². The van der Waals surface area contributed by atoms with E-state index in [4.69, 9.17) is 5.11 Å². The summed E-state index contributed by atoms with van der Waals surface area (Å²) >= 11 is 0. The Bertz CT molecular complexity index is 513. The first-order valence-corrected chi connectivity index (χ1v) is 6.10. The number of carbonyl (C=O) groups excluding carboxylic acids is 1. The fraction of sp³-hybridized carbons (Fsp3) is 0.286. The molecule has 1 aliphatic rings. The van der Waals surface area contributed by atoms with Crippen molar-refractivity contribution in [2.75, 3.05) is 11.9 Å². The molecule has 5 heteroatoms. The standard InChI is InChI=1S/C14H16N2O3/c1-2-5-12(14(18)19)16-13(17)10-8-15-11-7-4-3-6-9(10)11/h2-4,6-7,10,12,15H,1,5,8H2,(H,16,17)(H,18,19). The third-order valence-corrected chi connectivity index (χ3v) is 3.17. The number of benzene rings is 1. The monoisotopic (exact) mass is 260 g/mol. The number of fused-ring (bicyclic) bond motifs is 1. The molecular weight excluding hydrogens is 244 g/mol. The molecule has 3 N–H and O–H groups in total. The Hall–Kier alpha value is -2.30. The van der Waals surface area contributed by atoms with E-state index in [0.29, 0.717) is 6.54 Å². The third-order valence-electron chi connectivity index (χ3n) is 3.17. The highest BCUT2D eigenvalue weighted by Gasteiger charge is 2.30. The van der Waals surface area contributed by atoms with Gasteiger partial charge in [0.15, 0.2) is 0 Å². The molecule has 2 rings (SSSR count). The van der Waals surface area contributed by atoms with Gasteiger partial charge in [-0.05, 0) is 18.1 Å². The number of anilines is 1. The maximum absolute atomic E-state index is 12.1. The largest absolute Gasteiger partial charge is 0.480 e. The van der Waals surface area contributed by atoms with Gasteiger partial charge in [0, 0.05) is 12.2 Å². The Balaban J connectivity index is 2.09. The number of rotatable bonds is 5. The lowest BCUT2D eigenvalue weighted by Gasteiger charge is -2.16. The fourth-order valence-electron chi connectivity index (χ4n) is 2.18. The minimum Gasteiger partial charge on any atom is -0.480 e. The first kappa shape index (κ1) is 13.1. The van der Waals surface area contributed by atoms with Crippen molar-refractivity contribution in [3.63, 3.8) is 0 Å². The number of aliphatic carboxylic acids is 1. The van der Waals surface area contributed by atoms with Crippen LogP contribution in [-0.4, -0.2) is 29.6 Å². The molecule has 1 aromatic carbocycles. The Morgan fingerprint density at radius 1 is 1.53 bits per heavy atom. The molecule has 0 aliphatic carbocycles. The van der Waals surface area contributed by atoms with Crippen molar-refractivity contribution < 1.29 is 14.7 Å². The van der Waals surface area contributed by atoms with E-state index in [9.17, 15) is 9.59 Å². The van der Waals surface area contributed by atoms with Crippen molar-refractivity contribution in [3.8, 4) is 0 Å². The highest BCUT2D eigenvalue weighted by atomic mass is 16.4. The summed E-state index contributed by atoms with van der Waals surface area (Å²) in [4.78, 5) is 23.2. The van der Waals surface area contributed by atoms with Gasteiger partial charge in [-0.15, -0.1) is 6.58 Å². The van der Waals surface area contributed by atoms with Crippen LogP contribution >= 0.6 is 0 Å². The molecule has 1 heterocycles. The third kappa shape index (κ3) is 2.76. The lowest BCUT2D eigenvalue weighted by atomic mass is 10.00. The molecule has 100 valence electrons. The summed E-state index contributed by atoms with van der Waals surface area (Å²) in [5, 5.41) is 14.7. The Morgan fingerprint density at radius 2 is 2.26 bits per heavy atom. The van der Waals surface area contributed by atoms with Crippen molar-refractivity contribution >= 4 is 17.6 Å². The number of hydrogen-bond acceptors (Lipinski definition) is 3. The summed E-state index contributed by atoms with van der Waals surface area (Å²) in [6, 6.07) is 6.62. The molecule has 0 spiro atoms. The van der Waals surface area contributed by atoms with E-state index in [1.54, 1.807) is 0 Å². The number of carboxylic acids is 1. The topological polar surface area (TPSA) is 78.4 Å². The normalized spacial score (nSPS) is 18.0.